The van der Waals surface area contributed by atoms with Crippen LogP contribution >= 0.6 is 11.3 Å². The Hall–Kier alpha value is -1.91. The van der Waals surface area contributed by atoms with Crippen LogP contribution in [0.5, 0.6) is 0 Å². The Balaban J connectivity index is 1.49. The summed E-state index contributed by atoms with van der Waals surface area (Å²) in [7, 11) is 0. The average Bonchev–Trinajstić information content (AvgIpc) is 3.13. The van der Waals surface area contributed by atoms with E-state index in [1.807, 2.05) is 0 Å². The highest BCUT2D eigenvalue weighted by molar-refractivity contribution is 7.16. The number of nitrogens with one attached hydrogen (secondary N) is 1. The van der Waals surface area contributed by atoms with Gasteiger partial charge in [0.05, 0.1) is 5.56 Å². The lowest BCUT2D eigenvalue weighted by Crippen LogP contribution is -2.39. The molecule has 3 N–H and O–H groups in total. The summed E-state index contributed by atoms with van der Waals surface area (Å²) in [5.41, 5.74) is 7.12. The number of fused-ring (bicyclic) bond motifs is 1. The molecule has 1 aliphatic carbocycles. The molecule has 1 aliphatic heterocycles. The van der Waals surface area contributed by atoms with Gasteiger partial charge in [-0.15, -0.1) is 11.3 Å². The standard InChI is InChI=1S/C17H22N4O2S/c18-10-13-12-2-1-3-14(12)24-17(13)20-15(22)6-9-21-7-4-11(5-8-21)16(19)23/h11H,1-9H2,(H2,19,23)(H,20,22). The van der Waals surface area contributed by atoms with Crippen LogP contribution < -0.4 is 11.1 Å². The number of nitrogens with zero attached hydrogens (tertiary/aromatic N) is 2. The number of carbonyl (C=O) groups is 2. The Morgan fingerprint density at radius 1 is 1.33 bits per heavy atom. The monoisotopic (exact) mass is 346 g/mol. The number of aryl methyl sites for hydroxylation is 1. The molecule has 1 fully saturated rings. The minimum absolute atomic E-state index is 0.0261. The third kappa shape index (κ3) is 3.60. The van der Waals surface area contributed by atoms with Crippen molar-refractivity contribution in [3.8, 4) is 6.07 Å². The Kier molecular flexibility index (Phi) is 5.17. The molecule has 3 rings (SSSR count). The molecule has 24 heavy (non-hydrogen) atoms. The number of hydrogen-bond acceptors (Lipinski definition) is 5. The summed E-state index contributed by atoms with van der Waals surface area (Å²) in [6.07, 6.45) is 5.00. The van der Waals surface area contributed by atoms with Crippen LogP contribution in [0.3, 0.4) is 0 Å². The van der Waals surface area contributed by atoms with Gasteiger partial charge < -0.3 is 16.0 Å². The van der Waals surface area contributed by atoms with Gasteiger partial charge in [0, 0.05) is 23.8 Å². The van der Waals surface area contributed by atoms with E-state index in [0.717, 1.165) is 50.8 Å². The molecular formula is C17H22N4O2S. The first-order chi connectivity index (χ1) is 11.6. The third-order valence-electron chi connectivity index (χ3n) is 4.93. The zero-order chi connectivity index (χ0) is 17.1. The van der Waals surface area contributed by atoms with E-state index in [1.165, 1.54) is 4.88 Å². The molecule has 0 bridgehead atoms. The van der Waals surface area contributed by atoms with Crippen LogP contribution in [0.25, 0.3) is 0 Å². The molecule has 0 aromatic carbocycles. The lowest BCUT2D eigenvalue weighted by Gasteiger charge is -2.30. The van der Waals surface area contributed by atoms with Crippen molar-refractivity contribution in [1.82, 2.24) is 4.90 Å². The number of likely N-dealkylation sites (tertiary alicyclic amines) is 1. The molecule has 7 heteroatoms. The highest BCUT2D eigenvalue weighted by Gasteiger charge is 2.25. The first-order valence-electron chi connectivity index (χ1n) is 8.44. The fourth-order valence-electron chi connectivity index (χ4n) is 3.50. The van der Waals surface area contributed by atoms with E-state index < -0.39 is 0 Å². The molecule has 0 saturated carbocycles. The minimum Gasteiger partial charge on any atom is -0.369 e. The molecule has 0 atom stereocenters. The predicted molar refractivity (Wildman–Crippen MR) is 92.7 cm³/mol. The maximum Gasteiger partial charge on any atom is 0.226 e. The molecule has 1 aromatic heterocycles. The van der Waals surface area contributed by atoms with Crippen molar-refractivity contribution in [2.45, 2.75) is 38.5 Å². The summed E-state index contributed by atoms with van der Waals surface area (Å²) in [6, 6.07) is 2.24. The van der Waals surface area contributed by atoms with Gasteiger partial charge in [-0.2, -0.15) is 5.26 Å². The minimum atomic E-state index is -0.220. The smallest absolute Gasteiger partial charge is 0.226 e. The maximum atomic E-state index is 12.2. The maximum absolute atomic E-state index is 12.2. The van der Waals surface area contributed by atoms with E-state index in [2.05, 4.69) is 16.3 Å². The van der Waals surface area contributed by atoms with Crippen molar-refractivity contribution in [3.05, 3.63) is 16.0 Å². The molecule has 2 heterocycles. The van der Waals surface area contributed by atoms with Gasteiger partial charge in [-0.1, -0.05) is 0 Å². The second-order valence-electron chi connectivity index (χ2n) is 6.49. The number of nitriles is 1. The quantitative estimate of drug-likeness (QED) is 0.846. The summed E-state index contributed by atoms with van der Waals surface area (Å²) in [4.78, 5) is 26.8. The first kappa shape index (κ1) is 16.9. The Morgan fingerprint density at radius 3 is 2.75 bits per heavy atom. The van der Waals surface area contributed by atoms with Crippen LogP contribution in [-0.4, -0.2) is 36.3 Å². The van der Waals surface area contributed by atoms with Gasteiger partial charge in [0.1, 0.15) is 11.1 Å². The van der Waals surface area contributed by atoms with Crippen LogP contribution in [0.4, 0.5) is 5.00 Å². The lowest BCUT2D eigenvalue weighted by atomic mass is 9.96. The molecule has 1 saturated heterocycles. The highest BCUT2D eigenvalue weighted by Crippen LogP contribution is 2.38. The number of carbonyl (C=O) groups excluding carboxylic acids is 2. The van der Waals surface area contributed by atoms with E-state index in [1.54, 1.807) is 11.3 Å². The van der Waals surface area contributed by atoms with Gasteiger partial charge >= 0.3 is 0 Å². The normalized spacial score (nSPS) is 18.1. The van der Waals surface area contributed by atoms with Crippen LogP contribution in [0.15, 0.2) is 0 Å². The summed E-state index contributed by atoms with van der Waals surface area (Å²) < 4.78 is 0. The van der Waals surface area contributed by atoms with E-state index >= 15 is 0 Å². The molecule has 128 valence electrons. The van der Waals surface area contributed by atoms with Crippen LogP contribution in [0.1, 0.15) is 41.7 Å². The molecule has 2 aliphatic rings. The van der Waals surface area contributed by atoms with Crippen molar-refractivity contribution in [1.29, 1.82) is 5.26 Å². The third-order valence-corrected chi connectivity index (χ3v) is 6.14. The second kappa shape index (κ2) is 7.32. The number of hydrogen-bond donors (Lipinski definition) is 2. The summed E-state index contributed by atoms with van der Waals surface area (Å²) in [5, 5.41) is 13.0. The summed E-state index contributed by atoms with van der Waals surface area (Å²) >= 11 is 1.55. The summed E-state index contributed by atoms with van der Waals surface area (Å²) in [6.45, 7) is 2.28. The van der Waals surface area contributed by atoms with E-state index in [9.17, 15) is 14.9 Å². The Morgan fingerprint density at radius 2 is 2.08 bits per heavy atom. The van der Waals surface area contributed by atoms with Crippen molar-refractivity contribution < 1.29 is 9.59 Å². The van der Waals surface area contributed by atoms with Gasteiger partial charge in [-0.3, -0.25) is 9.59 Å². The fourth-order valence-corrected chi connectivity index (χ4v) is 4.76. The van der Waals surface area contributed by atoms with Gasteiger partial charge in [0.2, 0.25) is 11.8 Å². The van der Waals surface area contributed by atoms with Gasteiger partial charge in [0.15, 0.2) is 0 Å². The number of thiophene rings is 1. The number of anilines is 1. The van der Waals surface area contributed by atoms with E-state index in [4.69, 9.17) is 5.73 Å². The molecule has 0 radical (unpaired) electrons. The van der Waals surface area contributed by atoms with Crippen LogP contribution in [0.2, 0.25) is 0 Å². The largest absolute Gasteiger partial charge is 0.369 e. The second-order valence-corrected chi connectivity index (χ2v) is 7.59. The topological polar surface area (TPSA) is 99.2 Å². The van der Waals surface area contributed by atoms with E-state index in [0.29, 0.717) is 23.5 Å². The highest BCUT2D eigenvalue weighted by atomic mass is 32.1. The Bertz CT molecular complexity index is 683. The molecule has 2 amide bonds. The van der Waals surface area contributed by atoms with Crippen molar-refractivity contribution in [2.75, 3.05) is 25.0 Å². The molecule has 0 spiro atoms. The van der Waals surface area contributed by atoms with Gasteiger partial charge in [-0.25, -0.2) is 0 Å². The van der Waals surface area contributed by atoms with Crippen molar-refractivity contribution in [3.63, 3.8) is 0 Å². The van der Waals surface area contributed by atoms with E-state index in [-0.39, 0.29) is 17.7 Å². The first-order valence-corrected chi connectivity index (χ1v) is 9.26. The zero-order valence-electron chi connectivity index (χ0n) is 13.6. The van der Waals surface area contributed by atoms with Gasteiger partial charge in [-0.05, 0) is 50.8 Å². The Labute approximate surface area is 145 Å². The van der Waals surface area contributed by atoms with Crippen LogP contribution in [0, 0.1) is 17.2 Å². The molecule has 1 aromatic rings. The number of piperidine rings is 1. The molecule has 6 nitrogen and oxygen atoms in total. The fraction of sp³-hybridized carbons (Fsp3) is 0.588. The van der Waals surface area contributed by atoms with Gasteiger partial charge in [0.25, 0.3) is 0 Å². The summed E-state index contributed by atoms with van der Waals surface area (Å²) in [5.74, 6) is -0.299. The molecular weight excluding hydrogens is 324 g/mol. The number of rotatable bonds is 5. The SMILES string of the molecule is N#Cc1c(NC(=O)CCN2CCC(C(N)=O)CC2)sc2c1CCC2. The van der Waals surface area contributed by atoms with Crippen molar-refractivity contribution >= 4 is 28.2 Å². The van der Waals surface area contributed by atoms with Crippen molar-refractivity contribution in [2.24, 2.45) is 11.7 Å². The zero-order valence-corrected chi connectivity index (χ0v) is 14.5. The van der Waals surface area contributed by atoms with Crippen LogP contribution in [-0.2, 0) is 22.4 Å². The molecule has 0 unspecified atom stereocenters. The number of nitrogens with two attached hydrogens (primary N) is 1. The lowest BCUT2D eigenvalue weighted by molar-refractivity contribution is -0.123. The predicted octanol–water partition coefficient (Wildman–Crippen LogP) is 1.63. The number of primary amides is 1. The average molecular weight is 346 g/mol. The number of amides is 2.